The van der Waals surface area contributed by atoms with E-state index in [9.17, 15) is 4.79 Å². The molecule has 0 bridgehead atoms. The first-order valence-electron chi connectivity index (χ1n) is 4.93. The molecule has 0 atom stereocenters. The van der Waals surface area contributed by atoms with Crippen molar-refractivity contribution in [3.05, 3.63) is 29.8 Å². The van der Waals surface area contributed by atoms with Gasteiger partial charge in [-0.25, -0.2) is 0 Å². The average molecular weight is 218 g/mol. The summed E-state index contributed by atoms with van der Waals surface area (Å²) >= 11 is 0. The molecule has 2 N–H and O–H groups in total. The van der Waals surface area contributed by atoms with Gasteiger partial charge in [0.15, 0.2) is 0 Å². The molecule has 0 aliphatic carbocycles. The van der Waals surface area contributed by atoms with E-state index in [0.717, 1.165) is 5.69 Å². The van der Waals surface area contributed by atoms with Gasteiger partial charge in [0.05, 0.1) is 18.1 Å². The molecule has 0 unspecified atom stereocenters. The highest BCUT2D eigenvalue weighted by Gasteiger charge is 2.21. The second kappa shape index (κ2) is 4.67. The molecule has 0 saturated heterocycles. The molecule has 16 heavy (non-hydrogen) atoms. The highest BCUT2D eigenvalue weighted by Crippen LogP contribution is 2.18. The molecule has 0 aromatic heterocycles. The predicted molar refractivity (Wildman–Crippen MR) is 61.1 cm³/mol. The minimum atomic E-state index is -0.853. The summed E-state index contributed by atoms with van der Waals surface area (Å²) in [5.41, 5.74) is 0.765. The van der Waals surface area contributed by atoms with Crippen molar-refractivity contribution in [1.82, 2.24) is 0 Å². The first kappa shape index (κ1) is 12.1. The number of anilines is 1. The first-order chi connectivity index (χ1) is 7.43. The van der Waals surface area contributed by atoms with Crippen molar-refractivity contribution < 1.29 is 9.90 Å². The lowest BCUT2D eigenvalue weighted by Gasteiger charge is -2.25. The number of hydrogen-bond donors (Lipinski definition) is 2. The largest absolute Gasteiger partial charge is 0.481 e. The first-order valence-corrected chi connectivity index (χ1v) is 4.93. The molecule has 0 amide bonds. The van der Waals surface area contributed by atoms with E-state index in [4.69, 9.17) is 10.4 Å². The van der Waals surface area contributed by atoms with Crippen LogP contribution in [0.1, 0.15) is 25.8 Å². The van der Waals surface area contributed by atoms with E-state index in [2.05, 4.69) is 5.32 Å². The summed E-state index contributed by atoms with van der Waals surface area (Å²) in [5.74, 6) is -0.853. The number of carboxylic acid groups (broad SMARTS) is 1. The van der Waals surface area contributed by atoms with Crippen molar-refractivity contribution in [3.8, 4) is 6.07 Å². The van der Waals surface area contributed by atoms with Crippen LogP contribution in [0.5, 0.6) is 0 Å². The molecule has 0 aliphatic rings. The number of benzene rings is 1. The SMILES string of the molecule is CC(C)(CC(=O)O)Nc1cccc(C#N)c1. The van der Waals surface area contributed by atoms with Crippen molar-refractivity contribution in [3.63, 3.8) is 0 Å². The number of nitrogens with zero attached hydrogens (tertiary/aromatic N) is 1. The minimum Gasteiger partial charge on any atom is -0.481 e. The fourth-order valence-electron chi connectivity index (χ4n) is 1.48. The third kappa shape index (κ3) is 3.62. The Balaban J connectivity index is 2.80. The molecule has 1 aromatic carbocycles. The number of aliphatic carboxylic acids is 1. The van der Waals surface area contributed by atoms with Crippen LogP contribution in [0.25, 0.3) is 0 Å². The molecule has 0 heterocycles. The van der Waals surface area contributed by atoms with Gasteiger partial charge in [0.1, 0.15) is 0 Å². The van der Waals surface area contributed by atoms with Gasteiger partial charge in [-0.2, -0.15) is 5.26 Å². The van der Waals surface area contributed by atoms with E-state index in [-0.39, 0.29) is 6.42 Å². The zero-order valence-corrected chi connectivity index (χ0v) is 9.32. The van der Waals surface area contributed by atoms with Gasteiger partial charge >= 0.3 is 5.97 Å². The van der Waals surface area contributed by atoms with Crippen LogP contribution >= 0.6 is 0 Å². The summed E-state index contributed by atoms with van der Waals surface area (Å²) < 4.78 is 0. The molecule has 84 valence electrons. The third-order valence-corrected chi connectivity index (χ3v) is 2.07. The highest BCUT2D eigenvalue weighted by molar-refractivity contribution is 5.69. The Kier molecular flexibility index (Phi) is 3.51. The zero-order chi connectivity index (χ0) is 12.2. The lowest BCUT2D eigenvalue weighted by molar-refractivity contribution is -0.137. The second-order valence-corrected chi connectivity index (χ2v) is 4.27. The van der Waals surface area contributed by atoms with Gasteiger partial charge in [0.2, 0.25) is 0 Å². The molecule has 0 aliphatic heterocycles. The Bertz CT molecular complexity index is 433. The highest BCUT2D eigenvalue weighted by atomic mass is 16.4. The van der Waals surface area contributed by atoms with Crippen LogP contribution in [0, 0.1) is 11.3 Å². The van der Waals surface area contributed by atoms with Crippen molar-refractivity contribution in [2.45, 2.75) is 25.8 Å². The van der Waals surface area contributed by atoms with Crippen LogP contribution in [0.2, 0.25) is 0 Å². The van der Waals surface area contributed by atoms with Crippen LogP contribution in [0.4, 0.5) is 5.69 Å². The number of rotatable bonds is 4. The van der Waals surface area contributed by atoms with Gasteiger partial charge in [0, 0.05) is 11.2 Å². The van der Waals surface area contributed by atoms with E-state index in [1.54, 1.807) is 32.0 Å². The van der Waals surface area contributed by atoms with Crippen LogP contribution in [-0.2, 0) is 4.79 Å². The van der Waals surface area contributed by atoms with Crippen LogP contribution < -0.4 is 5.32 Å². The van der Waals surface area contributed by atoms with E-state index in [1.165, 1.54) is 0 Å². The summed E-state index contributed by atoms with van der Waals surface area (Å²) in [6.07, 6.45) is 0.0176. The molecular weight excluding hydrogens is 204 g/mol. The maximum atomic E-state index is 10.6. The van der Waals surface area contributed by atoms with E-state index in [1.807, 2.05) is 12.1 Å². The molecule has 4 heteroatoms. The van der Waals surface area contributed by atoms with Crippen molar-refractivity contribution in [1.29, 1.82) is 5.26 Å². The van der Waals surface area contributed by atoms with Gasteiger partial charge in [-0.15, -0.1) is 0 Å². The molecular formula is C12H14N2O2. The zero-order valence-electron chi connectivity index (χ0n) is 9.32. The maximum Gasteiger partial charge on any atom is 0.305 e. The number of carbonyl (C=O) groups is 1. The Hall–Kier alpha value is -2.02. The maximum absolute atomic E-state index is 10.6. The second-order valence-electron chi connectivity index (χ2n) is 4.27. The number of nitriles is 1. The van der Waals surface area contributed by atoms with Gasteiger partial charge < -0.3 is 10.4 Å². The van der Waals surface area contributed by atoms with Crippen LogP contribution in [-0.4, -0.2) is 16.6 Å². The molecule has 0 radical (unpaired) electrons. The summed E-state index contributed by atoms with van der Waals surface area (Å²) in [5, 5.41) is 20.6. The Morgan fingerprint density at radius 2 is 2.25 bits per heavy atom. The molecule has 1 aromatic rings. The molecule has 0 fully saturated rings. The summed E-state index contributed by atoms with van der Waals surface area (Å²) in [6, 6.07) is 9.01. The van der Waals surface area contributed by atoms with Crippen molar-refractivity contribution >= 4 is 11.7 Å². The van der Waals surface area contributed by atoms with E-state index in [0.29, 0.717) is 5.56 Å². The van der Waals surface area contributed by atoms with Gasteiger partial charge in [-0.05, 0) is 32.0 Å². The predicted octanol–water partition coefficient (Wildman–Crippen LogP) is 2.22. The monoisotopic (exact) mass is 218 g/mol. The van der Waals surface area contributed by atoms with Crippen LogP contribution in [0.3, 0.4) is 0 Å². The molecule has 1 rings (SSSR count). The summed E-state index contributed by atoms with van der Waals surface area (Å²) in [4.78, 5) is 10.6. The Labute approximate surface area is 94.5 Å². The Morgan fingerprint density at radius 3 is 2.81 bits per heavy atom. The van der Waals surface area contributed by atoms with Crippen LogP contribution in [0.15, 0.2) is 24.3 Å². The van der Waals surface area contributed by atoms with Crippen molar-refractivity contribution in [2.75, 3.05) is 5.32 Å². The lowest BCUT2D eigenvalue weighted by Crippen LogP contribution is -2.33. The normalized spacial score (nSPS) is 10.6. The Morgan fingerprint density at radius 1 is 1.56 bits per heavy atom. The fourth-order valence-corrected chi connectivity index (χ4v) is 1.48. The number of hydrogen-bond acceptors (Lipinski definition) is 3. The third-order valence-electron chi connectivity index (χ3n) is 2.07. The number of nitrogens with one attached hydrogen (secondary N) is 1. The van der Waals surface area contributed by atoms with E-state index >= 15 is 0 Å². The smallest absolute Gasteiger partial charge is 0.305 e. The average Bonchev–Trinajstić information content (AvgIpc) is 2.15. The van der Waals surface area contributed by atoms with Gasteiger partial charge in [-0.1, -0.05) is 6.07 Å². The van der Waals surface area contributed by atoms with Gasteiger partial charge in [0.25, 0.3) is 0 Å². The minimum absolute atomic E-state index is 0.0176. The van der Waals surface area contributed by atoms with Gasteiger partial charge in [-0.3, -0.25) is 4.79 Å². The molecule has 4 nitrogen and oxygen atoms in total. The molecule has 0 spiro atoms. The lowest BCUT2D eigenvalue weighted by atomic mass is 10.00. The fraction of sp³-hybridized carbons (Fsp3) is 0.333. The summed E-state index contributed by atoms with van der Waals surface area (Å²) in [7, 11) is 0. The van der Waals surface area contributed by atoms with Crippen molar-refractivity contribution in [2.24, 2.45) is 0 Å². The molecule has 0 saturated carbocycles. The van der Waals surface area contributed by atoms with E-state index < -0.39 is 11.5 Å². The standard InChI is InChI=1S/C12H14N2O2/c1-12(2,7-11(15)16)14-10-5-3-4-9(6-10)8-13/h3-6,14H,7H2,1-2H3,(H,15,16). The number of carboxylic acids is 1. The topological polar surface area (TPSA) is 73.1 Å². The quantitative estimate of drug-likeness (QED) is 0.812. The summed E-state index contributed by atoms with van der Waals surface area (Å²) in [6.45, 7) is 3.61.